The molecule has 0 spiro atoms. The lowest BCUT2D eigenvalue weighted by Gasteiger charge is -2.25. The van der Waals surface area contributed by atoms with E-state index in [9.17, 15) is 19.1 Å². The summed E-state index contributed by atoms with van der Waals surface area (Å²) < 4.78 is 13.9. The molecular weight excluding hydrogens is 469 g/mol. The van der Waals surface area contributed by atoms with Gasteiger partial charge in [0.15, 0.2) is 0 Å². The minimum Gasteiger partial charge on any atom is -0.507 e. The van der Waals surface area contributed by atoms with Crippen molar-refractivity contribution in [3.63, 3.8) is 0 Å². The average Bonchev–Trinajstić information content (AvgIpc) is 3.37. The molecule has 3 aromatic carbocycles. The molecular formula is C30H28FN3O3. The highest BCUT2D eigenvalue weighted by Gasteiger charge is 2.48. The molecule has 7 heteroatoms. The number of hydrogen-bond donors (Lipinski definition) is 2. The largest absolute Gasteiger partial charge is 0.507 e. The van der Waals surface area contributed by atoms with Gasteiger partial charge in [0.25, 0.3) is 5.78 Å². The van der Waals surface area contributed by atoms with Gasteiger partial charge in [0.05, 0.1) is 22.6 Å². The number of aliphatic hydroxyl groups excluding tert-OH is 1. The zero-order valence-electron chi connectivity index (χ0n) is 21.4. The van der Waals surface area contributed by atoms with Gasteiger partial charge in [-0.15, -0.1) is 0 Å². The van der Waals surface area contributed by atoms with E-state index in [0.29, 0.717) is 16.6 Å². The number of fused-ring (bicyclic) bond motifs is 1. The lowest BCUT2D eigenvalue weighted by Crippen LogP contribution is -2.30. The van der Waals surface area contributed by atoms with Crippen molar-refractivity contribution in [3.8, 4) is 0 Å². The zero-order chi connectivity index (χ0) is 26.6. The van der Waals surface area contributed by atoms with Gasteiger partial charge in [-0.1, -0.05) is 51.1 Å². The summed E-state index contributed by atoms with van der Waals surface area (Å²) >= 11 is 0. The smallest absolute Gasteiger partial charge is 0.302 e. The van der Waals surface area contributed by atoms with Crippen LogP contribution in [0.3, 0.4) is 0 Å². The van der Waals surface area contributed by atoms with E-state index in [4.69, 9.17) is 0 Å². The van der Waals surface area contributed by atoms with Gasteiger partial charge in [0, 0.05) is 5.56 Å². The van der Waals surface area contributed by atoms with Crippen molar-refractivity contribution < 1.29 is 19.1 Å². The van der Waals surface area contributed by atoms with Crippen LogP contribution in [0.1, 0.15) is 54.6 Å². The van der Waals surface area contributed by atoms with Gasteiger partial charge in [0.2, 0.25) is 5.95 Å². The lowest BCUT2D eigenvalue weighted by atomic mass is 9.85. The number of imidazole rings is 1. The Morgan fingerprint density at radius 2 is 1.70 bits per heavy atom. The Morgan fingerprint density at radius 1 is 1.00 bits per heavy atom. The van der Waals surface area contributed by atoms with Crippen LogP contribution in [0.4, 0.5) is 10.3 Å². The van der Waals surface area contributed by atoms with E-state index in [2.05, 4.69) is 30.7 Å². The maximum Gasteiger partial charge on any atom is 0.302 e. The van der Waals surface area contributed by atoms with Crippen LogP contribution in [-0.2, 0) is 15.0 Å². The van der Waals surface area contributed by atoms with Crippen molar-refractivity contribution in [2.45, 2.75) is 46.1 Å². The number of H-pyrrole nitrogens is 1. The van der Waals surface area contributed by atoms with E-state index in [1.807, 2.05) is 49.4 Å². The summed E-state index contributed by atoms with van der Waals surface area (Å²) in [5.74, 6) is -2.21. The van der Waals surface area contributed by atoms with Crippen molar-refractivity contribution in [1.82, 2.24) is 9.97 Å². The quantitative estimate of drug-likeness (QED) is 0.199. The van der Waals surface area contributed by atoms with E-state index in [-0.39, 0.29) is 28.3 Å². The number of aryl methyl sites for hydroxylation is 2. The highest BCUT2D eigenvalue weighted by molar-refractivity contribution is 6.51. The van der Waals surface area contributed by atoms with Gasteiger partial charge in [-0.05, 0) is 71.8 Å². The lowest BCUT2D eigenvalue weighted by molar-refractivity contribution is -0.132. The second-order valence-corrected chi connectivity index (χ2v) is 10.6. The summed E-state index contributed by atoms with van der Waals surface area (Å²) in [6.07, 6.45) is 0. The summed E-state index contributed by atoms with van der Waals surface area (Å²) in [4.78, 5) is 35.9. The number of nitrogens with zero attached hydrogens (tertiary/aromatic N) is 2. The minimum atomic E-state index is -0.930. The van der Waals surface area contributed by atoms with Crippen LogP contribution in [0.25, 0.3) is 16.8 Å². The average molecular weight is 498 g/mol. The van der Waals surface area contributed by atoms with Crippen molar-refractivity contribution in [2.75, 3.05) is 4.90 Å². The number of carbonyl (C=O) groups excluding carboxylic acids is 2. The second kappa shape index (κ2) is 8.69. The molecule has 2 heterocycles. The van der Waals surface area contributed by atoms with E-state index >= 15 is 0 Å². The van der Waals surface area contributed by atoms with Crippen molar-refractivity contribution >= 4 is 34.4 Å². The first kappa shape index (κ1) is 24.4. The number of amides is 1. The molecule has 188 valence electrons. The van der Waals surface area contributed by atoms with Gasteiger partial charge in [0.1, 0.15) is 11.6 Å². The predicted octanol–water partition coefficient (Wildman–Crippen LogP) is 6.24. The molecule has 4 aromatic rings. The standard InChI is InChI=1S/C30H28FN3O3/c1-16-6-13-22-23(14-16)33-29(32-22)34-25(18-7-10-20(11-8-18)30(3,4)5)24(27(36)28(34)37)26(35)19-9-12-21(31)17(2)15-19/h6-15,25,35H,1-5H3,(H,32,33)/b26-24+. The Morgan fingerprint density at radius 3 is 2.35 bits per heavy atom. The van der Waals surface area contributed by atoms with Gasteiger partial charge in [-0.3, -0.25) is 14.5 Å². The fourth-order valence-corrected chi connectivity index (χ4v) is 4.70. The normalized spacial score (nSPS) is 17.7. The topological polar surface area (TPSA) is 86.3 Å². The number of benzene rings is 3. The Balaban J connectivity index is 1.72. The number of aliphatic hydroxyl groups is 1. The molecule has 6 nitrogen and oxygen atoms in total. The van der Waals surface area contributed by atoms with Crippen LogP contribution in [0, 0.1) is 19.7 Å². The molecule has 1 amide bonds. The van der Waals surface area contributed by atoms with E-state index in [1.54, 1.807) is 6.92 Å². The predicted molar refractivity (Wildman–Crippen MR) is 142 cm³/mol. The van der Waals surface area contributed by atoms with Gasteiger partial charge < -0.3 is 10.1 Å². The molecule has 0 radical (unpaired) electrons. The number of Topliss-reactive ketones (excluding diaryl/α,β-unsaturated/α-hetero) is 1. The third kappa shape index (κ3) is 4.20. The van der Waals surface area contributed by atoms with Crippen molar-refractivity contribution in [2.24, 2.45) is 0 Å². The van der Waals surface area contributed by atoms with E-state index in [0.717, 1.165) is 16.6 Å². The molecule has 0 saturated carbocycles. The Bertz CT molecular complexity index is 1590. The Labute approximate surface area is 214 Å². The number of rotatable bonds is 3. The molecule has 1 unspecified atom stereocenters. The van der Waals surface area contributed by atoms with E-state index < -0.39 is 23.5 Å². The monoisotopic (exact) mass is 497 g/mol. The van der Waals surface area contributed by atoms with E-state index in [1.165, 1.54) is 23.1 Å². The molecule has 1 aliphatic heterocycles. The Kier molecular flexibility index (Phi) is 5.74. The first-order valence-electron chi connectivity index (χ1n) is 12.1. The van der Waals surface area contributed by atoms with Crippen LogP contribution in [0.5, 0.6) is 0 Å². The van der Waals surface area contributed by atoms with Crippen LogP contribution >= 0.6 is 0 Å². The highest BCUT2D eigenvalue weighted by Crippen LogP contribution is 2.42. The van der Waals surface area contributed by atoms with Crippen molar-refractivity contribution in [1.29, 1.82) is 0 Å². The molecule has 1 aliphatic rings. The summed E-state index contributed by atoms with van der Waals surface area (Å²) in [6.45, 7) is 9.82. The van der Waals surface area contributed by atoms with Crippen LogP contribution in [0.2, 0.25) is 0 Å². The number of nitrogens with one attached hydrogen (secondary N) is 1. The maximum absolute atomic E-state index is 13.9. The number of halogens is 1. The van der Waals surface area contributed by atoms with Gasteiger partial charge in [-0.25, -0.2) is 9.37 Å². The first-order chi connectivity index (χ1) is 17.5. The SMILES string of the molecule is Cc1ccc2nc(N3C(=O)C(=O)/C(=C(/O)c4ccc(F)c(C)c4)C3c3ccc(C(C)(C)C)cc3)[nH]c2c1. The van der Waals surface area contributed by atoms with Crippen LogP contribution in [-0.4, -0.2) is 26.8 Å². The van der Waals surface area contributed by atoms with Crippen LogP contribution in [0.15, 0.2) is 66.2 Å². The molecule has 37 heavy (non-hydrogen) atoms. The third-order valence-corrected chi connectivity index (χ3v) is 6.82. The molecule has 0 bridgehead atoms. The molecule has 1 saturated heterocycles. The Hall–Kier alpha value is -4.26. The number of aromatic amines is 1. The minimum absolute atomic E-state index is 0.0730. The van der Waals surface area contributed by atoms with Crippen molar-refractivity contribution in [3.05, 3.63) is 99.9 Å². The third-order valence-electron chi connectivity index (χ3n) is 6.82. The maximum atomic E-state index is 13.9. The van der Waals surface area contributed by atoms with Gasteiger partial charge >= 0.3 is 5.91 Å². The number of aromatic nitrogens is 2. The second-order valence-electron chi connectivity index (χ2n) is 10.6. The van der Waals surface area contributed by atoms with Gasteiger partial charge in [-0.2, -0.15) is 0 Å². The molecule has 1 aromatic heterocycles. The summed E-state index contributed by atoms with van der Waals surface area (Å²) in [7, 11) is 0. The summed E-state index contributed by atoms with van der Waals surface area (Å²) in [5.41, 5.74) is 4.53. The molecule has 1 atom stereocenters. The molecule has 0 aliphatic carbocycles. The first-order valence-corrected chi connectivity index (χ1v) is 12.1. The highest BCUT2D eigenvalue weighted by atomic mass is 19.1. The fraction of sp³-hybridized carbons (Fsp3) is 0.233. The number of carbonyl (C=O) groups is 2. The summed E-state index contributed by atoms with van der Waals surface area (Å²) in [6, 6.07) is 16.5. The molecule has 2 N–H and O–H groups in total. The summed E-state index contributed by atoms with van der Waals surface area (Å²) in [5, 5.41) is 11.3. The molecule has 1 fully saturated rings. The molecule has 5 rings (SSSR count). The van der Waals surface area contributed by atoms with Crippen LogP contribution < -0.4 is 4.90 Å². The number of ketones is 1. The fourth-order valence-electron chi connectivity index (χ4n) is 4.70. The zero-order valence-corrected chi connectivity index (χ0v) is 21.4. The number of anilines is 1. The number of hydrogen-bond acceptors (Lipinski definition) is 4.